The molecule has 0 atom stereocenters. The zero-order valence-electron chi connectivity index (χ0n) is 17.3. The number of esters is 1. The molecule has 0 aromatic heterocycles. The smallest absolute Gasteiger partial charge is 0.344 e. The van der Waals surface area contributed by atoms with E-state index in [1.165, 1.54) is 14.7 Å². The van der Waals surface area contributed by atoms with Crippen molar-refractivity contribution in [2.75, 3.05) is 0 Å². The molecule has 4 aromatic rings. The topological polar surface area (TPSA) is 26.3 Å². The summed E-state index contributed by atoms with van der Waals surface area (Å²) in [5.41, 5.74) is 2.63. The Morgan fingerprint density at radius 1 is 0.677 bits per heavy atom. The van der Waals surface area contributed by atoms with Crippen LogP contribution in [0, 0.1) is 17.4 Å². The van der Waals surface area contributed by atoms with Crippen LogP contribution in [0.5, 0.6) is 5.75 Å². The van der Waals surface area contributed by atoms with Gasteiger partial charge in [0.25, 0.3) is 0 Å². The Hall–Kier alpha value is -2.57. The van der Waals surface area contributed by atoms with Crippen LogP contribution in [0.3, 0.4) is 0 Å². The molecule has 0 saturated carbocycles. The quantitative estimate of drug-likeness (QED) is 0.116. The maximum Gasteiger partial charge on any atom is 0.344 e. The van der Waals surface area contributed by atoms with Crippen molar-refractivity contribution >= 4 is 39.5 Å². The molecular weight excluding hydrogens is 515 g/mol. The number of ether oxygens (including phenoxy) is 1. The van der Waals surface area contributed by atoms with E-state index in [1.807, 2.05) is 50.2 Å². The standard InChI is InChI=1S/C27H22IO2S/c1-19-13-14-20(2)26(28)25(19)27(29)30-21-15-17-24(18-16-21)31(22-9-5-3-6-10-22)23-11-7-4-8-12-23/h3-18H,1-2H3/q+1. The highest BCUT2D eigenvalue weighted by Gasteiger charge is 2.28. The lowest BCUT2D eigenvalue weighted by Gasteiger charge is -2.11. The number of hydrogen-bond acceptors (Lipinski definition) is 2. The molecule has 0 aliphatic carbocycles. The number of carbonyl (C=O) groups excluding carboxylic acids is 1. The van der Waals surface area contributed by atoms with Gasteiger partial charge in [-0.05, 0) is 96.1 Å². The molecule has 0 aliphatic rings. The molecule has 0 saturated heterocycles. The molecule has 4 heteroatoms. The largest absolute Gasteiger partial charge is 0.423 e. The molecule has 31 heavy (non-hydrogen) atoms. The Balaban J connectivity index is 1.63. The van der Waals surface area contributed by atoms with Crippen molar-refractivity contribution < 1.29 is 9.53 Å². The predicted molar refractivity (Wildman–Crippen MR) is 135 cm³/mol. The van der Waals surface area contributed by atoms with Crippen LogP contribution in [0.15, 0.2) is 112 Å². The van der Waals surface area contributed by atoms with Crippen LogP contribution in [0.25, 0.3) is 0 Å². The highest BCUT2D eigenvalue weighted by molar-refractivity contribution is 14.1. The van der Waals surface area contributed by atoms with Gasteiger partial charge in [0.05, 0.1) is 16.5 Å². The molecule has 0 amide bonds. The van der Waals surface area contributed by atoms with E-state index in [1.54, 1.807) is 0 Å². The number of hydrogen-bond donors (Lipinski definition) is 0. The predicted octanol–water partition coefficient (Wildman–Crippen LogP) is 7.22. The maximum atomic E-state index is 12.8. The van der Waals surface area contributed by atoms with Crippen LogP contribution in [0.1, 0.15) is 21.5 Å². The molecule has 0 bridgehead atoms. The number of carbonyl (C=O) groups is 1. The van der Waals surface area contributed by atoms with Crippen molar-refractivity contribution in [1.29, 1.82) is 0 Å². The van der Waals surface area contributed by atoms with E-state index in [-0.39, 0.29) is 16.9 Å². The summed E-state index contributed by atoms with van der Waals surface area (Å²) in [5.74, 6) is 0.235. The minimum atomic E-state index is -0.316. The molecule has 0 aliphatic heterocycles. The van der Waals surface area contributed by atoms with Crippen LogP contribution >= 0.6 is 22.6 Å². The van der Waals surface area contributed by atoms with Gasteiger partial charge in [0, 0.05) is 3.57 Å². The van der Waals surface area contributed by atoms with Gasteiger partial charge in [0.1, 0.15) is 5.75 Å². The second-order valence-electron chi connectivity index (χ2n) is 7.18. The zero-order chi connectivity index (χ0) is 21.8. The lowest BCUT2D eigenvalue weighted by atomic mass is 10.1. The van der Waals surface area contributed by atoms with Gasteiger partial charge < -0.3 is 4.74 Å². The van der Waals surface area contributed by atoms with E-state index >= 15 is 0 Å². The lowest BCUT2D eigenvalue weighted by molar-refractivity contribution is 0.0732. The van der Waals surface area contributed by atoms with Gasteiger partial charge >= 0.3 is 5.97 Å². The summed E-state index contributed by atoms with van der Waals surface area (Å²) in [4.78, 5) is 16.5. The Kier molecular flexibility index (Phi) is 6.78. The molecule has 2 nitrogen and oxygen atoms in total. The minimum Gasteiger partial charge on any atom is -0.423 e. The van der Waals surface area contributed by atoms with Crippen molar-refractivity contribution in [2.24, 2.45) is 0 Å². The maximum absolute atomic E-state index is 12.8. The fourth-order valence-electron chi connectivity index (χ4n) is 3.35. The average Bonchev–Trinajstić information content (AvgIpc) is 2.79. The summed E-state index contributed by atoms with van der Waals surface area (Å²) >= 11 is 2.22. The first-order valence-corrected chi connectivity index (χ1v) is 12.3. The van der Waals surface area contributed by atoms with Gasteiger partial charge in [-0.25, -0.2) is 4.79 Å². The summed E-state index contributed by atoms with van der Waals surface area (Å²) in [6.07, 6.45) is 0. The third kappa shape index (κ3) is 4.86. The van der Waals surface area contributed by atoms with Gasteiger partial charge in [0.2, 0.25) is 0 Å². The Morgan fingerprint density at radius 2 is 1.16 bits per heavy atom. The first-order chi connectivity index (χ1) is 15.0. The van der Waals surface area contributed by atoms with Crippen molar-refractivity contribution in [3.63, 3.8) is 0 Å². The van der Waals surface area contributed by atoms with Crippen LogP contribution in [-0.2, 0) is 10.9 Å². The van der Waals surface area contributed by atoms with Crippen LogP contribution in [-0.4, -0.2) is 5.97 Å². The third-order valence-corrected chi connectivity index (χ3v) is 8.60. The van der Waals surface area contributed by atoms with Crippen molar-refractivity contribution in [2.45, 2.75) is 28.5 Å². The number of benzene rings is 4. The molecule has 0 heterocycles. The molecular formula is C27H22IO2S+. The van der Waals surface area contributed by atoms with Crippen molar-refractivity contribution in [1.82, 2.24) is 0 Å². The second kappa shape index (κ2) is 9.71. The van der Waals surface area contributed by atoms with Crippen LogP contribution in [0.4, 0.5) is 0 Å². The highest BCUT2D eigenvalue weighted by Crippen LogP contribution is 2.32. The average molecular weight is 537 g/mol. The minimum absolute atomic E-state index is 0.224. The lowest BCUT2D eigenvalue weighted by Crippen LogP contribution is -2.13. The van der Waals surface area contributed by atoms with Crippen LogP contribution in [0.2, 0.25) is 0 Å². The Bertz CT molecular complexity index is 1150. The molecule has 0 radical (unpaired) electrons. The van der Waals surface area contributed by atoms with Gasteiger partial charge in [0.15, 0.2) is 14.7 Å². The molecule has 0 N–H and O–H groups in total. The Labute approximate surface area is 199 Å². The first kappa shape index (κ1) is 21.7. The summed E-state index contributed by atoms with van der Waals surface area (Å²) in [6, 6.07) is 32.9. The molecule has 4 rings (SSSR count). The second-order valence-corrected chi connectivity index (χ2v) is 10.3. The number of aryl methyl sites for hydroxylation is 2. The highest BCUT2D eigenvalue weighted by atomic mass is 127. The molecule has 154 valence electrons. The molecule has 0 fully saturated rings. The monoisotopic (exact) mass is 537 g/mol. The molecule has 0 unspecified atom stereocenters. The molecule has 4 aromatic carbocycles. The number of halogens is 1. The van der Waals surface area contributed by atoms with Crippen LogP contribution < -0.4 is 4.74 Å². The normalized spacial score (nSPS) is 10.8. The van der Waals surface area contributed by atoms with Gasteiger partial charge in [-0.3, -0.25) is 0 Å². The van der Waals surface area contributed by atoms with E-state index in [0.717, 1.165) is 14.7 Å². The fourth-order valence-corrected chi connectivity index (χ4v) is 6.26. The summed E-state index contributed by atoms with van der Waals surface area (Å²) < 4.78 is 6.66. The van der Waals surface area contributed by atoms with Crippen molar-refractivity contribution in [3.8, 4) is 5.75 Å². The van der Waals surface area contributed by atoms with Crippen molar-refractivity contribution in [3.05, 3.63) is 117 Å². The zero-order valence-corrected chi connectivity index (χ0v) is 20.3. The summed E-state index contributed by atoms with van der Waals surface area (Å²) in [7, 11) is -0.224. The van der Waals surface area contributed by atoms with Gasteiger partial charge in [-0.2, -0.15) is 0 Å². The number of rotatable bonds is 5. The van der Waals surface area contributed by atoms with E-state index < -0.39 is 0 Å². The fraction of sp³-hybridized carbons (Fsp3) is 0.0741. The van der Waals surface area contributed by atoms with Gasteiger partial charge in [-0.1, -0.05) is 48.5 Å². The van der Waals surface area contributed by atoms with E-state index in [4.69, 9.17) is 4.74 Å². The molecule has 0 spiro atoms. The van der Waals surface area contributed by atoms with E-state index in [9.17, 15) is 4.79 Å². The van der Waals surface area contributed by atoms with E-state index in [2.05, 4.69) is 83.3 Å². The van der Waals surface area contributed by atoms with E-state index in [0.29, 0.717) is 11.3 Å². The van der Waals surface area contributed by atoms with Gasteiger partial charge in [-0.15, -0.1) is 0 Å². The Morgan fingerprint density at radius 3 is 1.71 bits per heavy atom. The summed E-state index contributed by atoms with van der Waals surface area (Å²) in [6.45, 7) is 3.94. The SMILES string of the molecule is Cc1ccc(C)c(C(=O)Oc2ccc([S+](c3ccccc3)c3ccccc3)cc2)c1I. The summed E-state index contributed by atoms with van der Waals surface area (Å²) in [5, 5.41) is 0. The third-order valence-electron chi connectivity index (χ3n) is 4.98. The first-order valence-electron chi connectivity index (χ1n) is 9.97.